The summed E-state index contributed by atoms with van der Waals surface area (Å²) in [4.78, 5) is 5.71. The molecule has 0 radical (unpaired) electrons. The van der Waals surface area contributed by atoms with Crippen molar-refractivity contribution in [2.45, 2.75) is 124 Å². The van der Waals surface area contributed by atoms with Gasteiger partial charge < -0.3 is 0 Å². The second kappa shape index (κ2) is 15.1. The molecule has 0 bridgehead atoms. The zero-order valence-corrected chi connectivity index (χ0v) is 28.1. The molecule has 0 atom stereocenters. The molecule has 2 nitrogen and oxygen atoms in total. The Morgan fingerprint density at radius 2 is 1.37 bits per heavy atom. The Morgan fingerprint density at radius 3 is 1.98 bits per heavy atom. The van der Waals surface area contributed by atoms with Gasteiger partial charge in [0.15, 0.2) is 0 Å². The van der Waals surface area contributed by atoms with E-state index in [0.29, 0.717) is 0 Å². The third kappa shape index (κ3) is 7.22. The Morgan fingerprint density at radius 1 is 0.780 bits per heavy atom. The van der Waals surface area contributed by atoms with Crippen LogP contribution in [0.3, 0.4) is 0 Å². The summed E-state index contributed by atoms with van der Waals surface area (Å²) in [6.45, 7) is 9.14. The molecule has 1 aromatic carbocycles. The summed E-state index contributed by atoms with van der Waals surface area (Å²) in [7, 11) is 0. The van der Waals surface area contributed by atoms with Gasteiger partial charge in [-0.15, -0.1) is 22.7 Å². The van der Waals surface area contributed by atoms with Crippen molar-refractivity contribution < 1.29 is 0 Å². The van der Waals surface area contributed by atoms with Crippen molar-refractivity contribution in [1.82, 2.24) is 8.75 Å². The summed E-state index contributed by atoms with van der Waals surface area (Å²) in [5, 5.41) is 0. The molecule has 1 aliphatic carbocycles. The number of rotatable bonds is 14. The summed E-state index contributed by atoms with van der Waals surface area (Å²) < 4.78 is 9.75. The topological polar surface area (TPSA) is 25.8 Å². The minimum Gasteiger partial charge on any atom is -0.172 e. The Labute approximate surface area is 260 Å². The van der Waals surface area contributed by atoms with Gasteiger partial charge in [-0.2, -0.15) is 8.75 Å². The van der Waals surface area contributed by atoms with Crippen molar-refractivity contribution in [2.24, 2.45) is 5.92 Å². The van der Waals surface area contributed by atoms with Gasteiger partial charge in [0.1, 0.15) is 11.0 Å². The summed E-state index contributed by atoms with van der Waals surface area (Å²) in [6.07, 6.45) is 22.1. The molecule has 0 amide bonds. The quantitative estimate of drug-likeness (QED) is 0.134. The van der Waals surface area contributed by atoms with E-state index in [0.717, 1.165) is 17.0 Å². The van der Waals surface area contributed by atoms with Crippen LogP contribution >= 0.6 is 34.4 Å². The molecular weight excluding hydrogens is 557 g/mol. The van der Waals surface area contributed by atoms with Gasteiger partial charge in [0, 0.05) is 30.6 Å². The minimum atomic E-state index is 0.719. The molecule has 5 heteroatoms. The fraction of sp³-hybridized carbons (Fsp3) is 0.556. The highest BCUT2D eigenvalue weighted by Crippen LogP contribution is 2.45. The first-order chi connectivity index (χ1) is 20.1. The van der Waals surface area contributed by atoms with Crippen LogP contribution in [0.15, 0.2) is 30.3 Å². The van der Waals surface area contributed by atoms with Crippen molar-refractivity contribution in [3.63, 3.8) is 0 Å². The van der Waals surface area contributed by atoms with Crippen LogP contribution in [0.4, 0.5) is 0 Å². The highest BCUT2D eigenvalue weighted by molar-refractivity contribution is 7.17. The predicted molar refractivity (Wildman–Crippen MR) is 185 cm³/mol. The number of allylic oxidation sites excluding steroid dienone is 2. The SMILES string of the molecule is CC=C(c1sc(-c2ccc(-c3cc(CCCCCC)c(C)s3)c3nsnc23)cc1CCCCCC)C1CCCCC1. The number of hydrogen-bond acceptors (Lipinski definition) is 5. The molecular formula is C36H48N2S3. The number of hydrogen-bond donors (Lipinski definition) is 0. The number of aryl methyl sites for hydroxylation is 3. The van der Waals surface area contributed by atoms with Gasteiger partial charge in [0.05, 0.1) is 11.7 Å². The van der Waals surface area contributed by atoms with Crippen LogP contribution in [0, 0.1) is 12.8 Å². The Balaban J connectivity index is 1.48. The summed E-state index contributed by atoms with van der Waals surface area (Å²) in [5.74, 6) is 0.719. The Hall–Kier alpha value is -1.82. The summed E-state index contributed by atoms with van der Waals surface area (Å²) in [6, 6.07) is 9.60. The molecule has 0 unspecified atom stereocenters. The van der Waals surface area contributed by atoms with Gasteiger partial charge in [0.25, 0.3) is 0 Å². The van der Waals surface area contributed by atoms with Crippen LogP contribution in [0.2, 0.25) is 0 Å². The van der Waals surface area contributed by atoms with Crippen LogP contribution in [0.5, 0.6) is 0 Å². The normalized spacial score (nSPS) is 14.9. The van der Waals surface area contributed by atoms with E-state index in [2.05, 4.69) is 58.0 Å². The van der Waals surface area contributed by atoms with E-state index in [9.17, 15) is 0 Å². The molecule has 5 rings (SSSR count). The number of benzene rings is 1. The van der Waals surface area contributed by atoms with Crippen molar-refractivity contribution >= 4 is 51.0 Å². The van der Waals surface area contributed by atoms with Crippen molar-refractivity contribution in [2.75, 3.05) is 0 Å². The molecule has 1 saturated carbocycles. The van der Waals surface area contributed by atoms with E-state index >= 15 is 0 Å². The molecule has 3 aromatic heterocycles. The van der Waals surface area contributed by atoms with Crippen LogP contribution in [0.1, 0.15) is 125 Å². The number of aromatic nitrogens is 2. The average molecular weight is 605 g/mol. The maximum atomic E-state index is 4.89. The maximum absolute atomic E-state index is 4.89. The van der Waals surface area contributed by atoms with Gasteiger partial charge >= 0.3 is 0 Å². The molecule has 3 heterocycles. The number of thiophene rings is 2. The first-order valence-corrected chi connectivity index (χ1v) is 18.7. The standard InChI is InChI=1S/C36H48N2S3/c1-5-8-10-13-19-27-23-32(39-25(27)4)30-21-22-31(35-34(30)37-41-38-35)33-24-28(20-14-11-9-6-2)36(40-33)29(7-3)26-17-15-12-16-18-26/h7,21-24,26H,5-6,8-20H2,1-4H3. The largest absolute Gasteiger partial charge is 0.172 e. The van der Waals surface area contributed by atoms with Crippen LogP contribution in [-0.4, -0.2) is 8.75 Å². The Kier molecular flexibility index (Phi) is 11.3. The maximum Gasteiger partial charge on any atom is 0.114 e. The lowest BCUT2D eigenvalue weighted by Gasteiger charge is -2.24. The molecule has 41 heavy (non-hydrogen) atoms. The molecule has 0 aliphatic heterocycles. The van der Waals surface area contributed by atoms with Gasteiger partial charge in [-0.25, -0.2) is 0 Å². The summed E-state index contributed by atoms with van der Waals surface area (Å²) in [5.41, 5.74) is 9.34. The monoisotopic (exact) mass is 604 g/mol. The minimum absolute atomic E-state index is 0.719. The van der Waals surface area contributed by atoms with E-state index in [1.807, 2.05) is 22.7 Å². The van der Waals surface area contributed by atoms with Crippen molar-refractivity contribution in [3.05, 3.63) is 51.2 Å². The predicted octanol–water partition coefficient (Wildman–Crippen LogP) is 12.7. The fourth-order valence-corrected chi connectivity index (χ4v) is 9.67. The fourth-order valence-electron chi connectivity index (χ4n) is 6.61. The van der Waals surface area contributed by atoms with Gasteiger partial charge in [-0.3, -0.25) is 0 Å². The van der Waals surface area contributed by atoms with E-state index in [-0.39, 0.29) is 0 Å². The third-order valence-electron chi connectivity index (χ3n) is 8.99. The smallest absolute Gasteiger partial charge is 0.114 e. The van der Waals surface area contributed by atoms with Gasteiger partial charge in [-0.05, 0) is 87.1 Å². The van der Waals surface area contributed by atoms with Gasteiger partial charge in [0.2, 0.25) is 0 Å². The second-order valence-corrected chi connectivity index (χ2v) is 14.8. The first kappa shape index (κ1) is 30.6. The number of nitrogens with zero attached hydrogens (tertiary/aromatic N) is 2. The van der Waals surface area contributed by atoms with E-state index in [1.165, 1.54) is 139 Å². The average Bonchev–Trinajstić information content (AvgIpc) is 3.73. The van der Waals surface area contributed by atoms with Crippen LogP contribution in [0.25, 0.3) is 37.5 Å². The lowest BCUT2D eigenvalue weighted by atomic mass is 9.82. The van der Waals surface area contributed by atoms with Crippen LogP contribution < -0.4 is 0 Å². The molecule has 220 valence electrons. The van der Waals surface area contributed by atoms with Crippen molar-refractivity contribution in [3.8, 4) is 20.9 Å². The molecule has 1 fully saturated rings. The van der Waals surface area contributed by atoms with Crippen molar-refractivity contribution in [1.29, 1.82) is 0 Å². The highest BCUT2D eigenvalue weighted by atomic mass is 32.1. The first-order valence-electron chi connectivity index (χ1n) is 16.3. The van der Waals surface area contributed by atoms with E-state index in [4.69, 9.17) is 8.75 Å². The zero-order chi connectivity index (χ0) is 28.6. The number of unbranched alkanes of at least 4 members (excludes halogenated alkanes) is 6. The second-order valence-electron chi connectivity index (χ2n) is 12.0. The lowest BCUT2D eigenvalue weighted by Crippen LogP contribution is -2.08. The zero-order valence-electron chi connectivity index (χ0n) is 25.7. The third-order valence-corrected chi connectivity index (χ3v) is 11.9. The molecule has 1 aliphatic rings. The van der Waals surface area contributed by atoms with E-state index in [1.54, 1.807) is 16.0 Å². The lowest BCUT2D eigenvalue weighted by molar-refractivity contribution is 0.429. The summed E-state index contributed by atoms with van der Waals surface area (Å²) >= 11 is 5.30. The molecule has 0 N–H and O–H groups in total. The molecule has 0 saturated heterocycles. The van der Waals surface area contributed by atoms with Gasteiger partial charge in [-0.1, -0.05) is 89.8 Å². The van der Waals surface area contributed by atoms with E-state index < -0.39 is 0 Å². The number of fused-ring (bicyclic) bond motifs is 1. The molecule has 0 spiro atoms. The highest BCUT2D eigenvalue weighted by Gasteiger charge is 2.24. The Bertz CT molecular complexity index is 1430. The van der Waals surface area contributed by atoms with Crippen LogP contribution in [-0.2, 0) is 12.8 Å². The molecule has 4 aromatic rings.